The lowest BCUT2D eigenvalue weighted by Gasteiger charge is -2.64. The van der Waals surface area contributed by atoms with Crippen molar-refractivity contribution in [3.05, 3.63) is 23.8 Å². The monoisotopic (exact) mass is 516 g/mol. The van der Waals surface area contributed by atoms with Crippen LogP contribution in [0.2, 0.25) is 0 Å². The van der Waals surface area contributed by atoms with Gasteiger partial charge in [-0.3, -0.25) is 14.4 Å². The van der Waals surface area contributed by atoms with Crippen molar-refractivity contribution in [1.82, 2.24) is 0 Å². The van der Waals surface area contributed by atoms with Crippen LogP contribution < -0.4 is 0 Å². The Labute approximate surface area is 220 Å². The predicted molar refractivity (Wildman–Crippen MR) is 138 cm³/mol. The minimum absolute atomic E-state index is 0.0255. The predicted octanol–water partition coefficient (Wildman–Crippen LogP) is 2.93. The number of fused-ring (bicyclic) bond motifs is 5. The number of Topliss-reactive ketones (excluding diaryl/α,β-unsaturated/α-hetero) is 2. The largest absolute Gasteiger partial charge is 0.393 e. The van der Waals surface area contributed by atoms with Gasteiger partial charge in [-0.15, -0.1) is 0 Å². The Hall–Kier alpha value is -1.67. The molecule has 7 nitrogen and oxygen atoms in total. The summed E-state index contributed by atoms with van der Waals surface area (Å²) in [7, 11) is 0. The summed E-state index contributed by atoms with van der Waals surface area (Å²) < 4.78 is 0. The molecule has 4 rings (SSSR count). The van der Waals surface area contributed by atoms with Gasteiger partial charge < -0.3 is 20.4 Å². The second kappa shape index (κ2) is 8.17. The lowest BCUT2D eigenvalue weighted by atomic mass is 9.38. The zero-order valence-electron chi connectivity index (χ0n) is 23.5. The zero-order valence-corrected chi connectivity index (χ0v) is 23.5. The van der Waals surface area contributed by atoms with E-state index in [-0.39, 0.29) is 36.2 Å². The van der Waals surface area contributed by atoms with Crippen molar-refractivity contribution in [2.45, 2.75) is 104 Å². The molecule has 0 radical (unpaired) electrons. The Balaban J connectivity index is 1.80. The third-order valence-electron chi connectivity index (χ3n) is 11.2. The Morgan fingerprint density at radius 3 is 2.19 bits per heavy atom. The van der Waals surface area contributed by atoms with E-state index in [2.05, 4.69) is 13.0 Å². The van der Waals surface area contributed by atoms with Gasteiger partial charge in [0.2, 0.25) is 0 Å². The van der Waals surface area contributed by atoms with Crippen LogP contribution in [0, 0.1) is 39.4 Å². The molecule has 37 heavy (non-hydrogen) atoms. The fourth-order valence-electron chi connectivity index (χ4n) is 8.95. The number of carbonyl (C=O) groups excluding carboxylic acids is 3. The highest BCUT2D eigenvalue weighted by atomic mass is 16.3. The topological polar surface area (TPSA) is 132 Å². The van der Waals surface area contributed by atoms with E-state index in [9.17, 15) is 34.8 Å². The van der Waals surface area contributed by atoms with E-state index in [4.69, 9.17) is 0 Å². The lowest BCUT2D eigenvalue weighted by Crippen LogP contribution is -2.65. The van der Waals surface area contributed by atoms with Crippen LogP contribution in [-0.4, -0.2) is 61.2 Å². The Morgan fingerprint density at radius 2 is 1.62 bits per heavy atom. The van der Waals surface area contributed by atoms with Gasteiger partial charge in [-0.1, -0.05) is 52.3 Å². The van der Waals surface area contributed by atoms with Crippen LogP contribution in [0.15, 0.2) is 23.8 Å². The van der Waals surface area contributed by atoms with Gasteiger partial charge >= 0.3 is 0 Å². The third kappa shape index (κ3) is 3.71. The molecule has 4 aliphatic carbocycles. The molecule has 0 spiro atoms. The molecule has 0 saturated heterocycles. The molecule has 0 amide bonds. The van der Waals surface area contributed by atoms with Crippen LogP contribution >= 0.6 is 0 Å². The third-order valence-corrected chi connectivity index (χ3v) is 11.2. The average Bonchev–Trinajstić information content (AvgIpc) is 2.96. The number of hydrogen-bond donors (Lipinski definition) is 4. The quantitative estimate of drug-likeness (QED) is 0.334. The summed E-state index contributed by atoms with van der Waals surface area (Å²) in [5, 5.41) is 43.7. The van der Waals surface area contributed by atoms with Crippen LogP contribution in [0.3, 0.4) is 0 Å². The molecule has 0 aromatic heterocycles. The highest BCUT2D eigenvalue weighted by Crippen LogP contribution is 2.74. The van der Waals surface area contributed by atoms with Crippen molar-refractivity contribution < 1.29 is 34.8 Å². The first-order valence-corrected chi connectivity index (χ1v) is 13.5. The van der Waals surface area contributed by atoms with Gasteiger partial charge in [0.1, 0.15) is 17.5 Å². The average molecular weight is 517 g/mol. The SMILES string of the molecule is CC(C)(O)/C=C/C(=O)[C@](C)(O)[C@H]1[C@H](O)C[C@@]2(C)[C@H]3CC=C4[C@@H](CC(=O)[C@@H](O)C4(C)C)[C@]3(C)C(=O)C[C@@]12C. The van der Waals surface area contributed by atoms with Gasteiger partial charge in [0.25, 0.3) is 0 Å². The summed E-state index contributed by atoms with van der Waals surface area (Å²) in [4.78, 5) is 40.3. The Bertz CT molecular complexity index is 1090. The molecule has 0 bridgehead atoms. The van der Waals surface area contributed by atoms with Crippen molar-refractivity contribution in [3.63, 3.8) is 0 Å². The van der Waals surface area contributed by atoms with E-state index < -0.39 is 56.8 Å². The van der Waals surface area contributed by atoms with Crippen LogP contribution in [0.4, 0.5) is 0 Å². The summed E-state index contributed by atoms with van der Waals surface area (Å²) in [6.07, 6.45) is 3.49. The van der Waals surface area contributed by atoms with Gasteiger partial charge in [-0.25, -0.2) is 0 Å². The minimum Gasteiger partial charge on any atom is -0.393 e. The van der Waals surface area contributed by atoms with Crippen LogP contribution in [-0.2, 0) is 14.4 Å². The van der Waals surface area contributed by atoms with Crippen LogP contribution in [0.25, 0.3) is 0 Å². The van der Waals surface area contributed by atoms with Gasteiger partial charge in [-0.2, -0.15) is 0 Å². The smallest absolute Gasteiger partial charge is 0.187 e. The van der Waals surface area contributed by atoms with Crippen molar-refractivity contribution >= 4 is 17.3 Å². The van der Waals surface area contributed by atoms with Crippen LogP contribution in [0.1, 0.15) is 81.1 Å². The van der Waals surface area contributed by atoms with Crippen molar-refractivity contribution in [2.75, 3.05) is 0 Å². The summed E-state index contributed by atoms with van der Waals surface area (Å²) in [5.74, 6) is -2.34. The first-order chi connectivity index (χ1) is 16.7. The van der Waals surface area contributed by atoms with E-state index in [1.165, 1.54) is 26.8 Å². The highest BCUT2D eigenvalue weighted by molar-refractivity contribution is 5.97. The first-order valence-electron chi connectivity index (χ1n) is 13.5. The molecule has 0 aromatic carbocycles. The molecule has 9 atom stereocenters. The second-order valence-electron chi connectivity index (χ2n) is 14.3. The molecule has 7 heteroatoms. The molecule has 3 saturated carbocycles. The maximum absolute atomic E-state index is 14.2. The van der Waals surface area contributed by atoms with Crippen molar-refractivity contribution in [3.8, 4) is 0 Å². The number of aliphatic hydroxyl groups is 4. The molecular weight excluding hydrogens is 472 g/mol. The summed E-state index contributed by atoms with van der Waals surface area (Å²) in [5.41, 5.74) is -5.36. The maximum Gasteiger partial charge on any atom is 0.187 e. The second-order valence-corrected chi connectivity index (χ2v) is 14.3. The van der Waals surface area contributed by atoms with Crippen molar-refractivity contribution in [2.24, 2.45) is 39.4 Å². The molecule has 0 heterocycles. The number of hydrogen-bond acceptors (Lipinski definition) is 7. The fourth-order valence-corrected chi connectivity index (χ4v) is 8.95. The van der Waals surface area contributed by atoms with E-state index in [0.717, 1.165) is 11.6 Å². The number of allylic oxidation sites excluding steroid dienone is 1. The maximum atomic E-state index is 14.2. The minimum atomic E-state index is -1.95. The van der Waals surface area contributed by atoms with Gasteiger partial charge in [0, 0.05) is 29.6 Å². The van der Waals surface area contributed by atoms with E-state index in [1.54, 1.807) is 0 Å². The molecule has 4 aliphatic rings. The highest BCUT2D eigenvalue weighted by Gasteiger charge is 2.74. The molecule has 0 aliphatic heterocycles. The molecule has 206 valence electrons. The number of aliphatic hydroxyl groups excluding tert-OH is 2. The Morgan fingerprint density at radius 1 is 1.03 bits per heavy atom. The van der Waals surface area contributed by atoms with Crippen molar-refractivity contribution in [1.29, 1.82) is 0 Å². The van der Waals surface area contributed by atoms with E-state index in [0.29, 0.717) is 12.8 Å². The zero-order chi connectivity index (χ0) is 28.1. The standard InChI is InChI=1S/C30H44O7/c1-25(2,36)12-11-21(33)30(8,37)23-19(32)14-27(5)20-10-9-16-17(13-18(31)24(35)26(16,3)4)29(20,7)22(34)15-28(23,27)6/h9,11-12,17,19-20,23-24,32,35-37H,10,13-15H2,1-8H3/b12-11+/t17-,19-,20-,23+,24-,27+,28+,29+,30+/m1/s1. The molecule has 4 N–H and O–H groups in total. The number of ketones is 3. The van der Waals surface area contributed by atoms with Gasteiger partial charge in [-0.05, 0) is 62.4 Å². The van der Waals surface area contributed by atoms with E-state index >= 15 is 0 Å². The summed E-state index contributed by atoms with van der Waals surface area (Å²) in [6, 6.07) is 0. The van der Waals surface area contributed by atoms with E-state index in [1.807, 2.05) is 27.7 Å². The fraction of sp³-hybridized carbons (Fsp3) is 0.767. The number of carbonyl (C=O) groups is 3. The first kappa shape index (κ1) is 28.3. The molecule has 0 aromatic rings. The molecule has 0 unspecified atom stereocenters. The summed E-state index contributed by atoms with van der Waals surface area (Å²) in [6.45, 7) is 14.1. The normalized spacial score (nSPS) is 45.1. The molecule has 3 fully saturated rings. The van der Waals surface area contributed by atoms with Crippen LogP contribution in [0.5, 0.6) is 0 Å². The van der Waals surface area contributed by atoms with Gasteiger partial charge in [0.05, 0.1) is 11.7 Å². The Kier molecular flexibility index (Phi) is 6.26. The number of rotatable bonds is 4. The lowest BCUT2D eigenvalue weighted by molar-refractivity contribution is -0.183. The van der Waals surface area contributed by atoms with Gasteiger partial charge in [0.15, 0.2) is 11.6 Å². The summed E-state index contributed by atoms with van der Waals surface area (Å²) >= 11 is 0. The molecular formula is C30H44O7.